The Labute approximate surface area is 130 Å². The number of rotatable bonds is 4. The molecule has 2 rings (SSSR count). The van der Waals surface area contributed by atoms with E-state index in [9.17, 15) is 9.00 Å². The Bertz CT molecular complexity index is 750. The van der Waals surface area contributed by atoms with Crippen molar-refractivity contribution in [2.75, 3.05) is 23.5 Å². The average molecular weight is 323 g/mol. The lowest BCUT2D eigenvalue weighted by molar-refractivity contribution is 0.203. The molecule has 22 heavy (non-hydrogen) atoms. The van der Waals surface area contributed by atoms with Gasteiger partial charge in [-0.15, -0.1) is 0 Å². The third kappa shape index (κ3) is 3.30. The van der Waals surface area contributed by atoms with E-state index in [0.29, 0.717) is 16.7 Å². The zero-order valence-electron chi connectivity index (χ0n) is 12.7. The zero-order valence-corrected chi connectivity index (χ0v) is 13.5. The van der Waals surface area contributed by atoms with Gasteiger partial charge in [-0.05, 0) is 19.9 Å². The molecule has 0 radical (unpaired) electrons. The van der Waals surface area contributed by atoms with Gasteiger partial charge in [0.15, 0.2) is 5.82 Å². The molecule has 2 aromatic heterocycles. The monoisotopic (exact) mass is 323 g/mol. The third-order valence-electron chi connectivity index (χ3n) is 2.84. The van der Waals surface area contributed by atoms with Gasteiger partial charge in [-0.3, -0.25) is 9.11 Å². The summed E-state index contributed by atoms with van der Waals surface area (Å²) in [5, 5.41) is 13.0. The Kier molecular flexibility index (Phi) is 4.55. The van der Waals surface area contributed by atoms with E-state index in [0.717, 1.165) is 4.90 Å². The number of carbonyl (C=O) groups is 1. The first-order valence-electron chi connectivity index (χ1n) is 6.54. The molecular formula is C13H17N5O3S. The molecule has 0 saturated heterocycles. The first-order valence-corrected chi connectivity index (χ1v) is 8.09. The fourth-order valence-corrected chi connectivity index (χ4v) is 2.21. The van der Waals surface area contributed by atoms with E-state index in [1.165, 1.54) is 19.5 Å². The van der Waals surface area contributed by atoms with Gasteiger partial charge in [0.25, 0.3) is 0 Å². The van der Waals surface area contributed by atoms with E-state index in [-0.39, 0.29) is 17.0 Å². The quantitative estimate of drug-likeness (QED) is 0.824. The number of nitrogens with zero attached hydrogens (tertiary/aromatic N) is 4. The molecule has 1 unspecified atom stereocenters. The van der Waals surface area contributed by atoms with Crippen LogP contribution < -0.4 is 10.2 Å². The summed E-state index contributed by atoms with van der Waals surface area (Å²) in [4.78, 5) is 24.7. The van der Waals surface area contributed by atoms with Crippen molar-refractivity contribution >= 4 is 39.4 Å². The highest BCUT2D eigenvalue weighted by molar-refractivity contribution is 7.84. The highest BCUT2D eigenvalue weighted by Crippen LogP contribution is 2.25. The molecule has 0 saturated carbocycles. The normalized spacial score (nSPS) is 12.4. The average Bonchev–Trinajstić information content (AvgIpc) is 2.44. The predicted octanol–water partition coefficient (Wildman–Crippen LogP) is 1.70. The summed E-state index contributed by atoms with van der Waals surface area (Å²) in [5.74, 6) is 0.696. The van der Waals surface area contributed by atoms with Crippen LogP contribution in [0.15, 0.2) is 17.4 Å². The van der Waals surface area contributed by atoms with Gasteiger partial charge in [-0.25, -0.2) is 19.7 Å². The summed E-state index contributed by atoms with van der Waals surface area (Å²) >= 11 is 0. The summed E-state index contributed by atoms with van der Waals surface area (Å²) in [5.41, 5.74) is 0.511. The minimum absolute atomic E-state index is 0.0756. The first kappa shape index (κ1) is 16.1. The lowest BCUT2D eigenvalue weighted by atomic mass is 10.2. The molecule has 0 aliphatic heterocycles. The Morgan fingerprint density at radius 3 is 2.64 bits per heavy atom. The van der Waals surface area contributed by atoms with Crippen LogP contribution in [0.1, 0.15) is 13.8 Å². The molecule has 1 atom stereocenters. The lowest BCUT2D eigenvalue weighted by Gasteiger charge is -2.17. The molecule has 0 aliphatic rings. The lowest BCUT2D eigenvalue weighted by Crippen LogP contribution is -2.25. The highest BCUT2D eigenvalue weighted by atomic mass is 32.2. The summed E-state index contributed by atoms with van der Waals surface area (Å²) in [6, 6.07) is 1.66. The minimum atomic E-state index is -1.31. The van der Waals surface area contributed by atoms with Crippen LogP contribution in [0.2, 0.25) is 0 Å². The number of pyridine rings is 1. The Balaban J connectivity index is 2.67. The smallest absolute Gasteiger partial charge is 0.412 e. The standard InChI is InChI=1S/C13H17N5O3S/c1-7(2)15-11-10-8(6-14-12(17-10)22(4)21)5-9(16-11)18(3)13(19)20/h5-7H,1-4H3,(H,15,16)(H,19,20). The number of hydrogen-bond acceptors (Lipinski definition) is 6. The van der Waals surface area contributed by atoms with Crippen molar-refractivity contribution in [3.05, 3.63) is 12.3 Å². The van der Waals surface area contributed by atoms with Crippen molar-refractivity contribution in [2.24, 2.45) is 0 Å². The molecule has 2 N–H and O–H groups in total. The number of hydrogen-bond donors (Lipinski definition) is 2. The van der Waals surface area contributed by atoms with E-state index >= 15 is 0 Å². The van der Waals surface area contributed by atoms with Crippen LogP contribution in [0.25, 0.3) is 10.9 Å². The van der Waals surface area contributed by atoms with E-state index in [4.69, 9.17) is 5.11 Å². The van der Waals surface area contributed by atoms with Crippen molar-refractivity contribution in [2.45, 2.75) is 25.0 Å². The van der Waals surface area contributed by atoms with Crippen LogP contribution in [0.3, 0.4) is 0 Å². The van der Waals surface area contributed by atoms with E-state index in [2.05, 4.69) is 20.3 Å². The largest absolute Gasteiger partial charge is 0.465 e. The molecule has 118 valence electrons. The van der Waals surface area contributed by atoms with Gasteiger partial charge in [0.1, 0.15) is 11.3 Å². The molecule has 0 spiro atoms. The number of nitrogens with one attached hydrogen (secondary N) is 1. The molecule has 0 fully saturated rings. The molecule has 2 aromatic rings. The number of anilines is 2. The minimum Gasteiger partial charge on any atom is -0.465 e. The number of fused-ring (bicyclic) bond motifs is 1. The van der Waals surface area contributed by atoms with E-state index in [1.807, 2.05) is 13.8 Å². The SMILES string of the molecule is CC(C)Nc1nc(N(C)C(=O)O)cc2cnc(S(C)=O)nc12. The number of carboxylic acid groups (broad SMARTS) is 1. The first-order chi connectivity index (χ1) is 10.3. The Hall–Kier alpha value is -2.29. The third-order valence-corrected chi connectivity index (χ3v) is 3.55. The van der Waals surface area contributed by atoms with Crippen molar-refractivity contribution in [3.63, 3.8) is 0 Å². The maximum atomic E-state index is 11.5. The van der Waals surface area contributed by atoms with E-state index < -0.39 is 16.9 Å². The zero-order chi connectivity index (χ0) is 16.4. The molecule has 1 amide bonds. The second kappa shape index (κ2) is 6.22. The van der Waals surface area contributed by atoms with Gasteiger partial charge in [-0.1, -0.05) is 0 Å². The number of amides is 1. The van der Waals surface area contributed by atoms with Crippen molar-refractivity contribution in [1.82, 2.24) is 15.0 Å². The topological polar surface area (TPSA) is 108 Å². The van der Waals surface area contributed by atoms with Crippen LogP contribution in [0.4, 0.5) is 16.4 Å². The van der Waals surface area contributed by atoms with Gasteiger partial charge < -0.3 is 10.4 Å². The molecule has 0 aromatic carbocycles. The summed E-state index contributed by atoms with van der Waals surface area (Å²) in [7, 11) is 0.0990. The van der Waals surface area contributed by atoms with Crippen LogP contribution in [-0.2, 0) is 10.8 Å². The highest BCUT2D eigenvalue weighted by Gasteiger charge is 2.16. The molecule has 0 aliphatic carbocycles. The Morgan fingerprint density at radius 1 is 1.41 bits per heavy atom. The molecule has 8 nitrogen and oxygen atoms in total. The summed E-state index contributed by atoms with van der Waals surface area (Å²) < 4.78 is 11.5. The van der Waals surface area contributed by atoms with Crippen LogP contribution in [-0.4, -0.2) is 49.7 Å². The van der Waals surface area contributed by atoms with Crippen molar-refractivity contribution in [3.8, 4) is 0 Å². The van der Waals surface area contributed by atoms with Crippen LogP contribution in [0, 0.1) is 0 Å². The maximum absolute atomic E-state index is 11.5. The van der Waals surface area contributed by atoms with Gasteiger partial charge in [-0.2, -0.15) is 0 Å². The Morgan fingerprint density at radius 2 is 2.09 bits per heavy atom. The fourth-order valence-electron chi connectivity index (χ4n) is 1.79. The molecule has 9 heteroatoms. The molecular weight excluding hydrogens is 306 g/mol. The van der Waals surface area contributed by atoms with Crippen molar-refractivity contribution in [1.29, 1.82) is 0 Å². The van der Waals surface area contributed by atoms with Crippen LogP contribution >= 0.6 is 0 Å². The maximum Gasteiger partial charge on any atom is 0.412 e. The van der Waals surface area contributed by atoms with Crippen molar-refractivity contribution < 1.29 is 14.1 Å². The predicted molar refractivity (Wildman–Crippen MR) is 84.9 cm³/mol. The summed E-state index contributed by atoms with van der Waals surface area (Å²) in [6.07, 6.45) is 1.90. The van der Waals surface area contributed by atoms with Gasteiger partial charge in [0.2, 0.25) is 5.16 Å². The molecule has 0 bridgehead atoms. The van der Waals surface area contributed by atoms with Crippen LogP contribution in [0.5, 0.6) is 0 Å². The summed E-state index contributed by atoms with van der Waals surface area (Å²) in [6.45, 7) is 3.86. The van der Waals surface area contributed by atoms with Gasteiger partial charge in [0, 0.05) is 30.9 Å². The fraction of sp³-hybridized carbons (Fsp3) is 0.385. The van der Waals surface area contributed by atoms with Gasteiger partial charge in [0.05, 0.1) is 10.8 Å². The molecule has 2 heterocycles. The second-order valence-electron chi connectivity index (χ2n) is 5.01. The van der Waals surface area contributed by atoms with E-state index in [1.54, 1.807) is 6.07 Å². The number of aromatic nitrogens is 3. The van der Waals surface area contributed by atoms with Gasteiger partial charge >= 0.3 is 6.09 Å². The second-order valence-corrected chi connectivity index (χ2v) is 6.29.